The average molecular weight is 377 g/mol. The first-order valence-electron chi connectivity index (χ1n) is 8.49. The minimum atomic E-state index is -0.833. The molecule has 0 radical (unpaired) electrons. The van der Waals surface area contributed by atoms with Gasteiger partial charge in [-0.05, 0) is 17.5 Å². The monoisotopic (exact) mass is 377 g/mol. The van der Waals surface area contributed by atoms with Crippen molar-refractivity contribution in [1.29, 1.82) is 0 Å². The van der Waals surface area contributed by atoms with Crippen LogP contribution in [0.15, 0.2) is 36.5 Å². The molecular formula is C19H23NO7. The SMILES string of the molecule is CC(=O)O.CC(=O)OC1COC(n2ccc3ccccc32)CC1OC(C)=O. The highest BCUT2D eigenvalue weighted by Gasteiger charge is 2.36. The fraction of sp³-hybridized carbons (Fsp3) is 0.421. The summed E-state index contributed by atoms with van der Waals surface area (Å²) in [5, 5.41) is 8.53. The van der Waals surface area contributed by atoms with Gasteiger partial charge in [-0.1, -0.05) is 18.2 Å². The number of carbonyl (C=O) groups excluding carboxylic acids is 2. The Kier molecular flexibility index (Phi) is 6.95. The Morgan fingerprint density at radius 2 is 1.63 bits per heavy atom. The summed E-state index contributed by atoms with van der Waals surface area (Å²) < 4.78 is 18.4. The normalized spacial score (nSPS) is 21.7. The number of aliphatic carboxylic acids is 1. The van der Waals surface area contributed by atoms with Gasteiger partial charge in [-0.3, -0.25) is 14.4 Å². The quantitative estimate of drug-likeness (QED) is 0.820. The molecule has 1 fully saturated rings. The van der Waals surface area contributed by atoms with Crippen LogP contribution in [0.4, 0.5) is 0 Å². The number of carboxylic acid groups (broad SMARTS) is 1. The largest absolute Gasteiger partial charge is 0.481 e. The van der Waals surface area contributed by atoms with Crippen molar-refractivity contribution < 1.29 is 33.7 Å². The predicted octanol–water partition coefficient (Wildman–Crippen LogP) is 2.51. The third kappa shape index (κ3) is 5.82. The molecule has 0 amide bonds. The van der Waals surface area contributed by atoms with E-state index >= 15 is 0 Å². The van der Waals surface area contributed by atoms with E-state index < -0.39 is 30.1 Å². The van der Waals surface area contributed by atoms with Gasteiger partial charge in [0.1, 0.15) is 12.3 Å². The molecule has 1 aromatic carbocycles. The Hall–Kier alpha value is -2.87. The lowest BCUT2D eigenvalue weighted by molar-refractivity contribution is -0.194. The van der Waals surface area contributed by atoms with Crippen LogP contribution in [0.1, 0.15) is 33.4 Å². The highest BCUT2D eigenvalue weighted by Crippen LogP contribution is 2.30. The second kappa shape index (κ2) is 9.18. The minimum absolute atomic E-state index is 0.189. The van der Waals surface area contributed by atoms with E-state index in [4.69, 9.17) is 24.1 Å². The van der Waals surface area contributed by atoms with Crippen LogP contribution in [-0.2, 0) is 28.6 Å². The number of ether oxygens (including phenoxy) is 3. The molecule has 0 bridgehead atoms. The van der Waals surface area contributed by atoms with Crippen molar-refractivity contribution in [2.24, 2.45) is 0 Å². The molecule has 2 aromatic rings. The molecule has 2 heterocycles. The summed E-state index contributed by atoms with van der Waals surface area (Å²) in [7, 11) is 0. The van der Waals surface area contributed by atoms with Crippen molar-refractivity contribution in [2.45, 2.75) is 45.6 Å². The fourth-order valence-corrected chi connectivity index (χ4v) is 2.94. The molecule has 1 aromatic heterocycles. The van der Waals surface area contributed by atoms with E-state index in [-0.39, 0.29) is 12.8 Å². The van der Waals surface area contributed by atoms with Gasteiger partial charge in [-0.25, -0.2) is 0 Å². The van der Waals surface area contributed by atoms with Crippen molar-refractivity contribution in [3.05, 3.63) is 36.5 Å². The van der Waals surface area contributed by atoms with E-state index in [1.54, 1.807) is 0 Å². The number of benzene rings is 1. The average Bonchev–Trinajstić information content (AvgIpc) is 2.99. The lowest BCUT2D eigenvalue weighted by Gasteiger charge is -2.35. The zero-order valence-electron chi connectivity index (χ0n) is 15.5. The van der Waals surface area contributed by atoms with E-state index in [1.165, 1.54) is 13.8 Å². The van der Waals surface area contributed by atoms with Crippen LogP contribution in [0.25, 0.3) is 10.9 Å². The van der Waals surface area contributed by atoms with Gasteiger partial charge < -0.3 is 23.9 Å². The summed E-state index contributed by atoms with van der Waals surface area (Å²) in [6.45, 7) is 3.95. The number of carbonyl (C=O) groups is 3. The zero-order chi connectivity index (χ0) is 20.0. The van der Waals surface area contributed by atoms with Crippen LogP contribution in [0.5, 0.6) is 0 Å². The summed E-state index contributed by atoms with van der Waals surface area (Å²) in [6, 6.07) is 9.99. The molecule has 0 saturated carbocycles. The first-order chi connectivity index (χ1) is 12.8. The topological polar surface area (TPSA) is 104 Å². The summed E-state index contributed by atoms with van der Waals surface area (Å²) >= 11 is 0. The standard InChI is InChI=1S/C17H19NO5.C2H4O2/c1-11(19)22-15-9-17(21-10-16(15)23-12(2)20)18-8-7-13-5-3-4-6-14(13)18;1-2(3)4/h3-8,15-17H,9-10H2,1-2H3;1H3,(H,3,4). The summed E-state index contributed by atoms with van der Waals surface area (Å²) in [5.41, 5.74) is 1.05. The van der Waals surface area contributed by atoms with Gasteiger partial charge in [-0.15, -0.1) is 0 Å². The Bertz CT molecular complexity index is 809. The smallest absolute Gasteiger partial charge is 0.303 e. The first kappa shape index (κ1) is 20.4. The van der Waals surface area contributed by atoms with Gasteiger partial charge in [-0.2, -0.15) is 0 Å². The number of aromatic nitrogens is 1. The molecule has 1 aliphatic heterocycles. The molecular weight excluding hydrogens is 354 g/mol. The number of hydrogen-bond donors (Lipinski definition) is 1. The Labute approximate surface area is 156 Å². The second-order valence-corrected chi connectivity index (χ2v) is 6.12. The minimum Gasteiger partial charge on any atom is -0.481 e. The van der Waals surface area contributed by atoms with Crippen LogP contribution in [0.3, 0.4) is 0 Å². The summed E-state index contributed by atoms with van der Waals surface area (Å²) in [4.78, 5) is 31.5. The van der Waals surface area contributed by atoms with E-state index in [0.29, 0.717) is 6.42 Å². The number of esters is 2. The van der Waals surface area contributed by atoms with Crippen molar-refractivity contribution in [2.75, 3.05) is 6.61 Å². The number of fused-ring (bicyclic) bond motifs is 1. The van der Waals surface area contributed by atoms with Crippen LogP contribution in [0, 0.1) is 0 Å². The molecule has 146 valence electrons. The fourth-order valence-electron chi connectivity index (χ4n) is 2.94. The molecule has 1 N–H and O–H groups in total. The maximum Gasteiger partial charge on any atom is 0.303 e. The molecule has 3 rings (SSSR count). The highest BCUT2D eigenvalue weighted by atomic mass is 16.6. The predicted molar refractivity (Wildman–Crippen MR) is 96.0 cm³/mol. The number of carboxylic acids is 1. The third-order valence-electron chi connectivity index (χ3n) is 3.88. The molecule has 27 heavy (non-hydrogen) atoms. The Balaban J connectivity index is 0.000000596. The van der Waals surface area contributed by atoms with Crippen LogP contribution >= 0.6 is 0 Å². The molecule has 3 atom stereocenters. The van der Waals surface area contributed by atoms with Crippen molar-refractivity contribution in [3.8, 4) is 0 Å². The molecule has 1 aliphatic rings. The molecule has 1 saturated heterocycles. The van der Waals surface area contributed by atoms with E-state index in [1.807, 2.05) is 41.1 Å². The van der Waals surface area contributed by atoms with Gasteiger partial charge in [0.2, 0.25) is 0 Å². The molecule has 8 heteroatoms. The number of nitrogens with zero attached hydrogens (tertiary/aromatic N) is 1. The number of hydrogen-bond acceptors (Lipinski definition) is 6. The van der Waals surface area contributed by atoms with Crippen LogP contribution in [0.2, 0.25) is 0 Å². The summed E-state index contributed by atoms with van der Waals surface area (Å²) in [6.07, 6.45) is 1.01. The maximum absolute atomic E-state index is 11.3. The van der Waals surface area contributed by atoms with Crippen molar-refractivity contribution >= 4 is 28.8 Å². The molecule has 3 unspecified atom stereocenters. The Morgan fingerprint density at radius 3 is 2.26 bits per heavy atom. The Morgan fingerprint density at radius 1 is 1.04 bits per heavy atom. The number of rotatable bonds is 3. The first-order valence-corrected chi connectivity index (χ1v) is 8.49. The highest BCUT2D eigenvalue weighted by molar-refractivity contribution is 5.80. The van der Waals surface area contributed by atoms with E-state index in [0.717, 1.165) is 17.8 Å². The zero-order valence-corrected chi connectivity index (χ0v) is 15.5. The third-order valence-corrected chi connectivity index (χ3v) is 3.88. The van der Waals surface area contributed by atoms with Gasteiger partial charge >= 0.3 is 11.9 Å². The van der Waals surface area contributed by atoms with Crippen LogP contribution in [-0.4, -0.2) is 46.4 Å². The van der Waals surface area contributed by atoms with Gasteiger partial charge in [0, 0.05) is 33.4 Å². The lowest BCUT2D eigenvalue weighted by Crippen LogP contribution is -2.44. The molecule has 0 aliphatic carbocycles. The maximum atomic E-state index is 11.3. The molecule has 8 nitrogen and oxygen atoms in total. The number of para-hydroxylation sites is 1. The lowest BCUT2D eigenvalue weighted by atomic mass is 10.1. The van der Waals surface area contributed by atoms with Crippen LogP contribution < -0.4 is 0 Å². The van der Waals surface area contributed by atoms with E-state index in [9.17, 15) is 9.59 Å². The summed E-state index contributed by atoms with van der Waals surface area (Å²) in [5.74, 6) is -1.65. The van der Waals surface area contributed by atoms with Crippen molar-refractivity contribution in [3.63, 3.8) is 0 Å². The van der Waals surface area contributed by atoms with Gasteiger partial charge in [0.05, 0.1) is 12.1 Å². The van der Waals surface area contributed by atoms with E-state index in [2.05, 4.69) is 0 Å². The molecule has 0 spiro atoms. The second-order valence-electron chi connectivity index (χ2n) is 6.12. The van der Waals surface area contributed by atoms with Gasteiger partial charge in [0.15, 0.2) is 6.10 Å². The van der Waals surface area contributed by atoms with Gasteiger partial charge in [0.25, 0.3) is 5.97 Å². The van der Waals surface area contributed by atoms with Crippen molar-refractivity contribution in [1.82, 2.24) is 4.57 Å².